The molecule has 3 N–H and O–H groups in total. The van der Waals surface area contributed by atoms with Gasteiger partial charge in [0.15, 0.2) is 0 Å². The molecule has 1 aliphatic carbocycles. The van der Waals surface area contributed by atoms with Crippen LogP contribution < -0.4 is 5.73 Å². The number of aromatic hydroxyl groups is 1. The Hall–Kier alpha value is -1.16. The number of halogens is 2. The lowest BCUT2D eigenvalue weighted by molar-refractivity contribution is -0.0516. The number of rotatable bonds is 1. The van der Waals surface area contributed by atoms with Gasteiger partial charge in [-0.05, 0) is 25.8 Å². The summed E-state index contributed by atoms with van der Waals surface area (Å²) in [6.45, 7) is 1.89. The lowest BCUT2D eigenvalue weighted by Crippen LogP contribution is -2.43. The van der Waals surface area contributed by atoms with Crippen molar-refractivity contribution in [3.63, 3.8) is 0 Å². The summed E-state index contributed by atoms with van der Waals surface area (Å²) in [5.41, 5.74) is 6.92. The lowest BCUT2D eigenvalue weighted by atomic mass is 9.75. The van der Waals surface area contributed by atoms with Crippen molar-refractivity contribution in [2.75, 3.05) is 0 Å². The van der Waals surface area contributed by atoms with Crippen molar-refractivity contribution in [1.82, 2.24) is 0 Å². The van der Waals surface area contributed by atoms with Crippen molar-refractivity contribution in [2.45, 2.75) is 44.1 Å². The second-order valence-corrected chi connectivity index (χ2v) is 5.03. The molecule has 0 amide bonds. The van der Waals surface area contributed by atoms with Gasteiger partial charge in [0.2, 0.25) is 5.92 Å². The van der Waals surface area contributed by atoms with Gasteiger partial charge in [0, 0.05) is 23.9 Å². The van der Waals surface area contributed by atoms with E-state index >= 15 is 0 Å². The maximum Gasteiger partial charge on any atom is 0.248 e. The maximum absolute atomic E-state index is 13.1. The molecule has 1 saturated carbocycles. The fraction of sp³-hybridized carbons (Fsp3) is 0.538. The van der Waals surface area contributed by atoms with E-state index in [1.807, 2.05) is 6.92 Å². The first kappa shape index (κ1) is 12.3. The van der Waals surface area contributed by atoms with Crippen molar-refractivity contribution in [2.24, 2.45) is 5.73 Å². The van der Waals surface area contributed by atoms with Gasteiger partial charge < -0.3 is 10.8 Å². The third kappa shape index (κ3) is 2.41. The number of benzene rings is 1. The van der Waals surface area contributed by atoms with E-state index in [-0.39, 0.29) is 31.4 Å². The van der Waals surface area contributed by atoms with E-state index in [4.69, 9.17) is 5.73 Å². The van der Waals surface area contributed by atoms with Crippen LogP contribution in [0, 0.1) is 6.92 Å². The van der Waals surface area contributed by atoms with E-state index in [2.05, 4.69) is 0 Å². The van der Waals surface area contributed by atoms with Gasteiger partial charge in [-0.25, -0.2) is 8.78 Å². The minimum Gasteiger partial charge on any atom is -0.508 e. The van der Waals surface area contributed by atoms with E-state index < -0.39 is 11.5 Å². The first-order valence-electron chi connectivity index (χ1n) is 5.79. The number of hydrogen-bond donors (Lipinski definition) is 2. The summed E-state index contributed by atoms with van der Waals surface area (Å²) < 4.78 is 26.3. The average molecular weight is 241 g/mol. The second-order valence-electron chi connectivity index (χ2n) is 5.03. The van der Waals surface area contributed by atoms with Crippen LogP contribution in [0.4, 0.5) is 8.78 Å². The zero-order chi connectivity index (χ0) is 12.7. The van der Waals surface area contributed by atoms with Crippen molar-refractivity contribution < 1.29 is 13.9 Å². The second kappa shape index (κ2) is 3.95. The highest BCUT2D eigenvalue weighted by atomic mass is 19.3. The highest BCUT2D eigenvalue weighted by Crippen LogP contribution is 2.44. The number of hydrogen-bond acceptors (Lipinski definition) is 2. The Morgan fingerprint density at radius 1 is 1.18 bits per heavy atom. The Labute approximate surface area is 99.4 Å². The van der Waals surface area contributed by atoms with Crippen molar-refractivity contribution in [3.8, 4) is 5.75 Å². The first-order chi connectivity index (χ1) is 7.82. The number of nitrogens with two attached hydrogens (primary N) is 1. The van der Waals surface area contributed by atoms with E-state index in [0.29, 0.717) is 5.56 Å². The summed E-state index contributed by atoms with van der Waals surface area (Å²) in [7, 11) is 0. The predicted molar refractivity (Wildman–Crippen MR) is 62.1 cm³/mol. The lowest BCUT2D eigenvalue weighted by Gasteiger charge is -2.37. The monoisotopic (exact) mass is 241 g/mol. The SMILES string of the molecule is Cc1ccc(O)c(C2(N)CCC(F)(F)CC2)c1. The van der Waals surface area contributed by atoms with Crippen LogP contribution in [0.15, 0.2) is 18.2 Å². The standard InChI is InChI=1S/C13H17F2NO/c1-9-2-3-11(17)10(8-9)12(16)4-6-13(14,15)7-5-12/h2-3,8,17H,4-7,16H2,1H3. The summed E-state index contributed by atoms with van der Waals surface area (Å²) in [6, 6.07) is 5.14. The Morgan fingerprint density at radius 2 is 1.76 bits per heavy atom. The number of alkyl halides is 2. The third-order valence-electron chi connectivity index (χ3n) is 3.56. The Bertz CT molecular complexity index is 421. The van der Waals surface area contributed by atoms with E-state index in [1.54, 1.807) is 18.2 Å². The van der Waals surface area contributed by atoms with E-state index in [0.717, 1.165) is 5.56 Å². The number of phenolic OH excluding ortho intramolecular Hbond substituents is 1. The minimum absolute atomic E-state index is 0.100. The molecule has 0 spiro atoms. The molecular weight excluding hydrogens is 224 g/mol. The molecule has 0 aliphatic heterocycles. The number of aryl methyl sites for hydroxylation is 1. The smallest absolute Gasteiger partial charge is 0.248 e. The summed E-state index contributed by atoms with van der Waals surface area (Å²) in [5, 5.41) is 9.82. The largest absolute Gasteiger partial charge is 0.508 e. The highest BCUT2D eigenvalue weighted by molar-refractivity contribution is 5.41. The summed E-state index contributed by atoms with van der Waals surface area (Å²) >= 11 is 0. The predicted octanol–water partition coefficient (Wildman–Crippen LogP) is 3.06. The molecule has 1 aliphatic rings. The Balaban J connectivity index is 2.30. The molecule has 2 rings (SSSR count). The van der Waals surface area contributed by atoms with Crippen molar-refractivity contribution in [3.05, 3.63) is 29.3 Å². The molecule has 0 aromatic heterocycles. The zero-order valence-electron chi connectivity index (χ0n) is 9.84. The molecule has 4 heteroatoms. The van der Waals surface area contributed by atoms with Crippen LogP contribution in [0.5, 0.6) is 5.75 Å². The molecule has 0 heterocycles. The molecule has 0 unspecified atom stereocenters. The van der Waals surface area contributed by atoms with E-state index in [1.165, 1.54) is 0 Å². The van der Waals surface area contributed by atoms with Crippen molar-refractivity contribution >= 4 is 0 Å². The van der Waals surface area contributed by atoms with Gasteiger partial charge in [-0.15, -0.1) is 0 Å². The first-order valence-corrected chi connectivity index (χ1v) is 5.79. The van der Waals surface area contributed by atoms with Crippen LogP contribution in [-0.4, -0.2) is 11.0 Å². The molecule has 0 radical (unpaired) electrons. The number of phenols is 1. The molecule has 0 atom stereocenters. The van der Waals surface area contributed by atoms with Crippen LogP contribution >= 0.6 is 0 Å². The molecule has 1 fully saturated rings. The molecular formula is C13H17F2NO. The Kier molecular flexibility index (Phi) is 2.86. The van der Waals surface area contributed by atoms with Gasteiger partial charge in [-0.1, -0.05) is 17.7 Å². The fourth-order valence-electron chi connectivity index (χ4n) is 2.38. The van der Waals surface area contributed by atoms with Gasteiger partial charge in [0.05, 0.1) is 0 Å². The molecule has 1 aromatic rings. The van der Waals surface area contributed by atoms with Gasteiger partial charge in [-0.2, -0.15) is 0 Å². The van der Waals surface area contributed by atoms with Gasteiger partial charge in [-0.3, -0.25) is 0 Å². The topological polar surface area (TPSA) is 46.2 Å². The van der Waals surface area contributed by atoms with Gasteiger partial charge >= 0.3 is 0 Å². The molecule has 94 valence electrons. The van der Waals surface area contributed by atoms with Crippen LogP contribution in [-0.2, 0) is 5.54 Å². The zero-order valence-corrected chi connectivity index (χ0v) is 9.84. The molecule has 0 bridgehead atoms. The van der Waals surface area contributed by atoms with Crippen LogP contribution in [0.25, 0.3) is 0 Å². The summed E-state index contributed by atoms with van der Waals surface area (Å²) in [6.07, 6.45) is -0.0121. The molecule has 2 nitrogen and oxygen atoms in total. The van der Waals surface area contributed by atoms with Gasteiger partial charge in [0.1, 0.15) is 5.75 Å². The Morgan fingerprint density at radius 3 is 2.35 bits per heavy atom. The summed E-state index contributed by atoms with van der Waals surface area (Å²) in [4.78, 5) is 0. The quantitative estimate of drug-likeness (QED) is 0.793. The maximum atomic E-state index is 13.1. The average Bonchev–Trinajstić information content (AvgIpc) is 2.26. The molecule has 0 saturated heterocycles. The third-order valence-corrected chi connectivity index (χ3v) is 3.56. The fourth-order valence-corrected chi connectivity index (χ4v) is 2.38. The van der Waals surface area contributed by atoms with E-state index in [9.17, 15) is 13.9 Å². The molecule has 1 aromatic carbocycles. The normalized spacial score (nSPS) is 22.4. The van der Waals surface area contributed by atoms with Crippen LogP contribution in [0.1, 0.15) is 36.8 Å². The van der Waals surface area contributed by atoms with Crippen molar-refractivity contribution in [1.29, 1.82) is 0 Å². The highest BCUT2D eigenvalue weighted by Gasteiger charge is 2.43. The minimum atomic E-state index is -2.61. The summed E-state index contributed by atoms with van der Waals surface area (Å²) in [5.74, 6) is -2.51. The molecule has 17 heavy (non-hydrogen) atoms. The van der Waals surface area contributed by atoms with Gasteiger partial charge in [0.25, 0.3) is 0 Å². The van der Waals surface area contributed by atoms with Crippen LogP contribution in [0.2, 0.25) is 0 Å². The van der Waals surface area contributed by atoms with Crippen LogP contribution in [0.3, 0.4) is 0 Å².